The molecule has 0 atom stereocenters. The van der Waals surface area contributed by atoms with Crippen molar-refractivity contribution in [1.29, 1.82) is 0 Å². The van der Waals surface area contributed by atoms with Gasteiger partial charge in [-0.25, -0.2) is 0 Å². The van der Waals surface area contributed by atoms with Gasteiger partial charge in [-0.15, -0.1) is 24.0 Å². The Morgan fingerprint density at radius 1 is 1.07 bits per heavy atom. The predicted molar refractivity (Wildman–Crippen MR) is 125 cm³/mol. The van der Waals surface area contributed by atoms with Crippen molar-refractivity contribution in [2.24, 2.45) is 16.8 Å². The number of aliphatic imine (C=N–C) groups is 1. The van der Waals surface area contributed by atoms with Gasteiger partial charge in [0.1, 0.15) is 0 Å². The van der Waals surface area contributed by atoms with Crippen molar-refractivity contribution in [3.8, 4) is 0 Å². The molecule has 2 rings (SSSR count). The van der Waals surface area contributed by atoms with Crippen LogP contribution in [0.5, 0.6) is 0 Å². The summed E-state index contributed by atoms with van der Waals surface area (Å²) in [6.45, 7) is 9.59. The summed E-state index contributed by atoms with van der Waals surface area (Å²) >= 11 is 0. The van der Waals surface area contributed by atoms with Crippen LogP contribution in [0.25, 0.3) is 0 Å². The first kappa shape index (κ1) is 25.9. The van der Waals surface area contributed by atoms with Gasteiger partial charge < -0.3 is 29.7 Å². The van der Waals surface area contributed by atoms with Crippen molar-refractivity contribution >= 4 is 29.9 Å². The van der Waals surface area contributed by atoms with Crippen molar-refractivity contribution < 1.29 is 14.2 Å². The minimum atomic E-state index is 0. The molecule has 2 aliphatic heterocycles. The number of piperidine rings is 1. The molecule has 2 fully saturated rings. The van der Waals surface area contributed by atoms with E-state index >= 15 is 0 Å². The van der Waals surface area contributed by atoms with E-state index in [1.807, 2.05) is 7.05 Å². The van der Waals surface area contributed by atoms with Gasteiger partial charge in [0.05, 0.1) is 6.61 Å². The number of halogens is 1. The average Bonchev–Trinajstić information content (AvgIpc) is 2.72. The minimum absolute atomic E-state index is 0. The third-order valence-corrected chi connectivity index (χ3v) is 5.55. The lowest BCUT2D eigenvalue weighted by Crippen LogP contribution is -2.43. The smallest absolute Gasteiger partial charge is 0.190 e. The SMILES string of the molecule is CN=C(NCCCOCC1CCOCC1)NCC1CCN(CCOC)CC1.I. The van der Waals surface area contributed by atoms with Crippen LogP contribution in [0.2, 0.25) is 0 Å². The Morgan fingerprint density at radius 2 is 1.82 bits per heavy atom. The molecule has 2 N–H and O–H groups in total. The number of rotatable bonds is 11. The number of hydrogen-bond acceptors (Lipinski definition) is 5. The average molecular weight is 512 g/mol. The van der Waals surface area contributed by atoms with Crippen LogP contribution in [0.4, 0.5) is 0 Å². The van der Waals surface area contributed by atoms with Crippen molar-refractivity contribution in [3.05, 3.63) is 0 Å². The van der Waals surface area contributed by atoms with E-state index in [0.29, 0.717) is 5.92 Å². The van der Waals surface area contributed by atoms with Gasteiger partial charge in [0, 0.05) is 60.2 Å². The van der Waals surface area contributed by atoms with Gasteiger partial charge in [-0.2, -0.15) is 0 Å². The Hall–Kier alpha value is -0.160. The van der Waals surface area contributed by atoms with Crippen LogP contribution in [-0.2, 0) is 14.2 Å². The van der Waals surface area contributed by atoms with Crippen LogP contribution >= 0.6 is 24.0 Å². The molecule has 0 amide bonds. The van der Waals surface area contributed by atoms with Crippen LogP contribution in [0, 0.1) is 11.8 Å². The maximum absolute atomic E-state index is 5.81. The number of guanidine groups is 1. The highest BCUT2D eigenvalue weighted by Gasteiger charge is 2.19. The zero-order valence-corrected chi connectivity index (χ0v) is 20.1. The highest BCUT2D eigenvalue weighted by molar-refractivity contribution is 14.0. The number of nitrogens with one attached hydrogen (secondary N) is 2. The van der Waals surface area contributed by atoms with E-state index in [2.05, 4.69) is 20.5 Å². The van der Waals surface area contributed by atoms with Gasteiger partial charge in [-0.3, -0.25) is 4.99 Å². The van der Waals surface area contributed by atoms with E-state index in [4.69, 9.17) is 14.2 Å². The van der Waals surface area contributed by atoms with Crippen LogP contribution in [0.1, 0.15) is 32.1 Å². The fraction of sp³-hybridized carbons (Fsp3) is 0.950. The Kier molecular flexibility index (Phi) is 15.4. The molecule has 28 heavy (non-hydrogen) atoms. The van der Waals surface area contributed by atoms with Crippen molar-refractivity contribution in [1.82, 2.24) is 15.5 Å². The molecular weight excluding hydrogens is 471 g/mol. The van der Waals surface area contributed by atoms with Crippen LogP contribution < -0.4 is 10.6 Å². The third kappa shape index (κ3) is 11.1. The second-order valence-electron chi connectivity index (χ2n) is 7.64. The topological polar surface area (TPSA) is 67.4 Å². The maximum Gasteiger partial charge on any atom is 0.190 e. The molecular formula is C20H41IN4O3. The molecule has 166 valence electrons. The maximum atomic E-state index is 5.81. The van der Waals surface area contributed by atoms with Crippen molar-refractivity contribution in [2.75, 3.05) is 79.9 Å². The zero-order chi connectivity index (χ0) is 19.2. The normalized spacial score (nSPS) is 20.0. The van der Waals surface area contributed by atoms with E-state index in [9.17, 15) is 0 Å². The van der Waals surface area contributed by atoms with E-state index in [-0.39, 0.29) is 24.0 Å². The summed E-state index contributed by atoms with van der Waals surface area (Å²) in [4.78, 5) is 6.83. The molecule has 0 aromatic carbocycles. The van der Waals surface area contributed by atoms with E-state index < -0.39 is 0 Å². The number of likely N-dealkylation sites (tertiary alicyclic amines) is 1. The molecule has 8 heteroatoms. The summed E-state index contributed by atoms with van der Waals surface area (Å²) in [5.41, 5.74) is 0. The lowest BCUT2D eigenvalue weighted by molar-refractivity contribution is 0.0203. The third-order valence-electron chi connectivity index (χ3n) is 5.55. The minimum Gasteiger partial charge on any atom is -0.383 e. The van der Waals surface area contributed by atoms with Crippen LogP contribution in [-0.4, -0.2) is 90.8 Å². The molecule has 7 nitrogen and oxygen atoms in total. The van der Waals surface area contributed by atoms with E-state index in [1.165, 1.54) is 25.9 Å². The molecule has 2 saturated heterocycles. The van der Waals surface area contributed by atoms with Gasteiger partial charge in [0.15, 0.2) is 5.96 Å². The quantitative estimate of drug-likeness (QED) is 0.191. The Morgan fingerprint density at radius 3 is 2.50 bits per heavy atom. The first-order valence-corrected chi connectivity index (χ1v) is 10.6. The van der Waals surface area contributed by atoms with Gasteiger partial charge in [0.2, 0.25) is 0 Å². The fourth-order valence-electron chi connectivity index (χ4n) is 3.64. The summed E-state index contributed by atoms with van der Waals surface area (Å²) in [7, 11) is 3.61. The molecule has 0 aromatic rings. The Labute approximate surface area is 188 Å². The monoisotopic (exact) mass is 512 g/mol. The van der Waals surface area contributed by atoms with Gasteiger partial charge >= 0.3 is 0 Å². The number of nitrogens with zero attached hydrogens (tertiary/aromatic N) is 2. The summed E-state index contributed by atoms with van der Waals surface area (Å²) < 4.78 is 16.4. The van der Waals surface area contributed by atoms with Gasteiger partial charge in [-0.05, 0) is 57.0 Å². The molecule has 0 unspecified atom stereocenters. The summed E-state index contributed by atoms with van der Waals surface area (Å²) in [6, 6.07) is 0. The van der Waals surface area contributed by atoms with Gasteiger partial charge in [-0.1, -0.05) is 0 Å². The highest BCUT2D eigenvalue weighted by atomic mass is 127. The molecule has 0 radical (unpaired) electrons. The standard InChI is InChI=1S/C20H40N4O3.HI/c1-21-20(22-8-3-12-27-17-19-6-13-26-14-7-19)23-16-18-4-9-24(10-5-18)11-15-25-2;/h18-19H,3-17H2,1-2H3,(H2,21,22,23);1H. The molecule has 0 aromatic heterocycles. The Balaban J connectivity index is 0.00000392. The molecule has 2 aliphatic rings. The van der Waals surface area contributed by atoms with Crippen LogP contribution in [0.15, 0.2) is 4.99 Å². The number of hydrogen-bond donors (Lipinski definition) is 2. The fourth-order valence-corrected chi connectivity index (χ4v) is 3.64. The Bertz CT molecular complexity index is 401. The first-order valence-electron chi connectivity index (χ1n) is 10.6. The van der Waals surface area contributed by atoms with Crippen LogP contribution in [0.3, 0.4) is 0 Å². The predicted octanol–water partition coefficient (Wildman–Crippen LogP) is 1.96. The summed E-state index contributed by atoms with van der Waals surface area (Å²) in [5.74, 6) is 2.31. The van der Waals surface area contributed by atoms with Crippen molar-refractivity contribution in [3.63, 3.8) is 0 Å². The largest absolute Gasteiger partial charge is 0.383 e. The highest BCUT2D eigenvalue weighted by Crippen LogP contribution is 2.16. The zero-order valence-electron chi connectivity index (χ0n) is 17.8. The van der Waals surface area contributed by atoms with Crippen molar-refractivity contribution in [2.45, 2.75) is 32.1 Å². The molecule has 2 heterocycles. The lowest BCUT2D eigenvalue weighted by Gasteiger charge is -2.32. The lowest BCUT2D eigenvalue weighted by atomic mass is 9.97. The second-order valence-corrected chi connectivity index (χ2v) is 7.64. The summed E-state index contributed by atoms with van der Waals surface area (Å²) in [6.07, 6.45) is 5.77. The van der Waals surface area contributed by atoms with E-state index in [1.54, 1.807) is 7.11 Å². The molecule has 0 saturated carbocycles. The second kappa shape index (κ2) is 16.6. The van der Waals surface area contributed by atoms with E-state index in [0.717, 1.165) is 83.8 Å². The van der Waals surface area contributed by atoms with Gasteiger partial charge in [0.25, 0.3) is 0 Å². The first-order chi connectivity index (χ1) is 13.3. The summed E-state index contributed by atoms with van der Waals surface area (Å²) in [5, 5.41) is 6.88. The number of methoxy groups -OCH3 is 1. The number of ether oxygens (including phenoxy) is 3. The molecule has 0 bridgehead atoms. The molecule has 0 aliphatic carbocycles. The molecule has 0 spiro atoms.